The van der Waals surface area contributed by atoms with Crippen molar-refractivity contribution in [2.45, 2.75) is 38.0 Å². The highest BCUT2D eigenvalue weighted by atomic mass is 19.1. The highest BCUT2D eigenvalue weighted by molar-refractivity contribution is 6.07. The van der Waals surface area contributed by atoms with Gasteiger partial charge in [0.15, 0.2) is 0 Å². The van der Waals surface area contributed by atoms with Crippen LogP contribution in [0.4, 0.5) is 28.9 Å². The van der Waals surface area contributed by atoms with Crippen molar-refractivity contribution in [3.63, 3.8) is 0 Å². The quantitative estimate of drug-likeness (QED) is 0.383. The lowest BCUT2D eigenvalue weighted by Gasteiger charge is -2.41. The molecule has 38 heavy (non-hydrogen) atoms. The van der Waals surface area contributed by atoms with Gasteiger partial charge >= 0.3 is 0 Å². The highest BCUT2D eigenvalue weighted by Gasteiger charge is 2.36. The maximum Gasteiger partial charge on any atom is 0.258 e. The standard InChI is InChI=1S/C27H26F4N4O3/c1-12-10-35(11-18(32)26(12)37)25-14-6-8-20(36)24(14)33-9-19(25)34-27(38)13-5-7-17(30)22(23(13)31)21-15(28)3-2-4-16(21)29/h2-5,7,9,12,18,20,26,36-37H,6,8,10-11,32H2,1H3,(H,34,38)/t12-,18+,20+,26+/m0/s1. The van der Waals surface area contributed by atoms with E-state index in [1.54, 1.807) is 0 Å². The van der Waals surface area contributed by atoms with Crippen LogP contribution < -0.4 is 16.0 Å². The number of hydrogen-bond acceptors (Lipinski definition) is 6. The lowest BCUT2D eigenvalue weighted by molar-refractivity contribution is 0.0784. The van der Waals surface area contributed by atoms with Crippen LogP contribution in [0, 0.1) is 29.2 Å². The Hall–Kier alpha value is -3.54. The number of pyridine rings is 1. The van der Waals surface area contributed by atoms with Crippen molar-refractivity contribution in [1.82, 2.24) is 4.98 Å². The number of carbonyl (C=O) groups excluding carboxylic acids is 1. The number of amides is 1. The summed E-state index contributed by atoms with van der Waals surface area (Å²) in [7, 11) is 0. The van der Waals surface area contributed by atoms with Gasteiger partial charge in [0.25, 0.3) is 5.91 Å². The molecule has 2 heterocycles. The summed E-state index contributed by atoms with van der Waals surface area (Å²) in [4.78, 5) is 19.4. The first-order valence-corrected chi connectivity index (χ1v) is 12.2. The number of aliphatic hydroxyl groups is 2. The monoisotopic (exact) mass is 530 g/mol. The minimum Gasteiger partial charge on any atom is -0.391 e. The van der Waals surface area contributed by atoms with Crippen LogP contribution in [0.1, 0.15) is 41.1 Å². The van der Waals surface area contributed by atoms with Crippen LogP contribution in [0.25, 0.3) is 11.1 Å². The molecule has 0 saturated carbocycles. The Morgan fingerprint density at radius 3 is 2.42 bits per heavy atom. The molecule has 200 valence electrons. The Labute approximate surface area is 215 Å². The van der Waals surface area contributed by atoms with E-state index in [1.807, 2.05) is 11.8 Å². The van der Waals surface area contributed by atoms with E-state index in [1.165, 1.54) is 6.20 Å². The number of nitrogens with zero attached hydrogens (tertiary/aromatic N) is 2. The normalized spacial score (nSPS) is 22.9. The third-order valence-corrected chi connectivity index (χ3v) is 7.24. The number of hydrogen-bond donors (Lipinski definition) is 4. The smallest absolute Gasteiger partial charge is 0.258 e. The molecule has 1 saturated heterocycles. The molecule has 2 aliphatic rings. The SMILES string of the molecule is C[C@H]1CN(c2c(NC(=O)c3ccc(F)c(-c4c(F)cccc4F)c3F)cnc3c2CC[C@H]3O)C[C@@H](N)[C@@H]1O. The van der Waals surface area contributed by atoms with Gasteiger partial charge in [-0.3, -0.25) is 9.78 Å². The Kier molecular flexibility index (Phi) is 6.84. The first kappa shape index (κ1) is 26.1. The van der Waals surface area contributed by atoms with Crippen molar-refractivity contribution < 1.29 is 32.6 Å². The van der Waals surface area contributed by atoms with Crippen LogP contribution in [0.15, 0.2) is 36.5 Å². The molecular formula is C27H26F4N4O3. The number of carbonyl (C=O) groups is 1. The Bertz CT molecular complexity index is 1390. The number of halogens is 4. The number of nitrogens with one attached hydrogen (secondary N) is 1. The molecule has 7 nitrogen and oxygen atoms in total. The van der Waals surface area contributed by atoms with E-state index in [2.05, 4.69) is 10.3 Å². The van der Waals surface area contributed by atoms with Crippen LogP contribution in [-0.4, -0.2) is 46.3 Å². The van der Waals surface area contributed by atoms with Gasteiger partial charge in [-0.05, 0) is 37.1 Å². The molecule has 1 amide bonds. The topological polar surface area (TPSA) is 112 Å². The molecule has 1 aliphatic heterocycles. The molecule has 11 heteroatoms. The number of fused-ring (bicyclic) bond motifs is 1. The minimum absolute atomic E-state index is 0.195. The predicted molar refractivity (Wildman–Crippen MR) is 133 cm³/mol. The molecule has 2 aromatic carbocycles. The third-order valence-electron chi connectivity index (χ3n) is 7.24. The molecule has 0 bridgehead atoms. The molecule has 1 fully saturated rings. The van der Waals surface area contributed by atoms with Gasteiger partial charge < -0.3 is 26.2 Å². The van der Waals surface area contributed by atoms with E-state index in [0.29, 0.717) is 36.3 Å². The largest absolute Gasteiger partial charge is 0.391 e. The first-order valence-electron chi connectivity index (χ1n) is 12.2. The predicted octanol–water partition coefficient (Wildman–Crippen LogP) is 3.68. The second kappa shape index (κ2) is 9.97. The van der Waals surface area contributed by atoms with Crippen molar-refractivity contribution in [2.75, 3.05) is 23.3 Å². The summed E-state index contributed by atoms with van der Waals surface area (Å²) in [5.74, 6) is -6.20. The number of benzene rings is 2. The van der Waals surface area contributed by atoms with E-state index in [9.17, 15) is 28.2 Å². The molecule has 5 rings (SSSR count). The summed E-state index contributed by atoms with van der Waals surface area (Å²) in [5.41, 5.74) is 5.50. The average Bonchev–Trinajstić information content (AvgIpc) is 3.24. The second-order valence-corrected chi connectivity index (χ2v) is 9.81. The molecular weight excluding hydrogens is 504 g/mol. The summed E-state index contributed by atoms with van der Waals surface area (Å²) in [6.07, 6.45) is 0.709. The Morgan fingerprint density at radius 1 is 1.05 bits per heavy atom. The number of aromatic nitrogens is 1. The van der Waals surface area contributed by atoms with Gasteiger partial charge in [-0.25, -0.2) is 17.6 Å². The summed E-state index contributed by atoms with van der Waals surface area (Å²) in [6, 6.07) is 3.87. The molecule has 1 aliphatic carbocycles. The van der Waals surface area contributed by atoms with Gasteiger partial charge in [0.2, 0.25) is 0 Å². The number of anilines is 2. The zero-order valence-corrected chi connectivity index (χ0v) is 20.4. The van der Waals surface area contributed by atoms with E-state index < -0.39 is 64.1 Å². The van der Waals surface area contributed by atoms with Crippen LogP contribution >= 0.6 is 0 Å². The molecule has 0 spiro atoms. The molecule has 4 atom stereocenters. The fourth-order valence-corrected chi connectivity index (χ4v) is 5.34. The zero-order valence-electron chi connectivity index (χ0n) is 20.4. The number of aliphatic hydroxyl groups excluding tert-OH is 2. The Balaban J connectivity index is 1.56. The molecule has 0 radical (unpaired) electrons. The summed E-state index contributed by atoms with van der Waals surface area (Å²) < 4.78 is 58.7. The number of rotatable bonds is 4. The fourth-order valence-electron chi connectivity index (χ4n) is 5.34. The lowest BCUT2D eigenvalue weighted by Crippen LogP contribution is -2.56. The van der Waals surface area contributed by atoms with Gasteiger partial charge in [0, 0.05) is 30.6 Å². The van der Waals surface area contributed by atoms with Gasteiger partial charge in [-0.1, -0.05) is 13.0 Å². The maximum absolute atomic E-state index is 15.5. The van der Waals surface area contributed by atoms with Crippen LogP contribution in [-0.2, 0) is 6.42 Å². The second-order valence-electron chi connectivity index (χ2n) is 9.81. The minimum atomic E-state index is -1.42. The van der Waals surface area contributed by atoms with Crippen molar-refractivity contribution in [1.29, 1.82) is 0 Å². The van der Waals surface area contributed by atoms with Crippen molar-refractivity contribution in [3.05, 3.63) is 76.6 Å². The lowest BCUT2D eigenvalue weighted by atomic mass is 9.92. The zero-order chi connectivity index (χ0) is 27.3. The van der Waals surface area contributed by atoms with Gasteiger partial charge in [0.1, 0.15) is 23.3 Å². The van der Waals surface area contributed by atoms with E-state index in [4.69, 9.17) is 5.73 Å². The third kappa shape index (κ3) is 4.40. The van der Waals surface area contributed by atoms with Crippen LogP contribution in [0.3, 0.4) is 0 Å². The molecule has 3 aromatic rings. The van der Waals surface area contributed by atoms with E-state index >= 15 is 4.39 Å². The summed E-state index contributed by atoms with van der Waals surface area (Å²) in [6.45, 7) is 2.48. The average molecular weight is 531 g/mol. The molecule has 5 N–H and O–H groups in total. The summed E-state index contributed by atoms with van der Waals surface area (Å²) in [5, 5.41) is 23.3. The van der Waals surface area contributed by atoms with Gasteiger partial charge in [-0.2, -0.15) is 0 Å². The van der Waals surface area contributed by atoms with Gasteiger partial charge in [0.05, 0.1) is 52.2 Å². The maximum atomic E-state index is 15.5. The number of nitrogens with two attached hydrogens (primary N) is 1. The van der Waals surface area contributed by atoms with Crippen molar-refractivity contribution in [2.24, 2.45) is 11.7 Å². The molecule has 1 aromatic heterocycles. The molecule has 0 unspecified atom stereocenters. The fraction of sp³-hybridized carbons (Fsp3) is 0.333. The van der Waals surface area contributed by atoms with Crippen LogP contribution in [0.5, 0.6) is 0 Å². The first-order chi connectivity index (χ1) is 18.1. The van der Waals surface area contributed by atoms with Crippen LogP contribution in [0.2, 0.25) is 0 Å². The highest BCUT2D eigenvalue weighted by Crippen LogP contribution is 2.42. The van der Waals surface area contributed by atoms with E-state index in [0.717, 1.165) is 30.3 Å². The Morgan fingerprint density at radius 2 is 1.74 bits per heavy atom. The van der Waals surface area contributed by atoms with E-state index in [-0.39, 0.29) is 18.2 Å². The number of piperidine rings is 1. The summed E-state index contributed by atoms with van der Waals surface area (Å²) >= 11 is 0. The van der Waals surface area contributed by atoms with Crippen molar-refractivity contribution >= 4 is 17.3 Å². The van der Waals surface area contributed by atoms with Gasteiger partial charge in [-0.15, -0.1) is 0 Å². The van der Waals surface area contributed by atoms with Crippen molar-refractivity contribution in [3.8, 4) is 11.1 Å².